The molecule has 1 amide bonds. The number of aryl methyl sites for hydroxylation is 1. The second kappa shape index (κ2) is 7.64. The molecule has 0 unspecified atom stereocenters. The van der Waals surface area contributed by atoms with Crippen molar-refractivity contribution in [3.8, 4) is 0 Å². The Hall–Kier alpha value is -3.85. The highest BCUT2D eigenvalue weighted by molar-refractivity contribution is 7.22. The first-order valence-electron chi connectivity index (χ1n) is 8.55. The van der Waals surface area contributed by atoms with Crippen LogP contribution in [0, 0.1) is 17.0 Å². The molecule has 2 aromatic carbocycles. The van der Waals surface area contributed by atoms with Gasteiger partial charge >= 0.3 is 5.91 Å². The number of aromatic nitrogens is 1. The second-order valence-electron chi connectivity index (χ2n) is 6.16. The molecule has 0 aliphatic heterocycles. The van der Waals surface area contributed by atoms with E-state index in [1.165, 1.54) is 41.0 Å². The molecule has 0 bridgehead atoms. The molecule has 9 heteroatoms. The number of carbonyl (C=O) groups excluding carboxylic acids is 1. The van der Waals surface area contributed by atoms with Crippen LogP contribution >= 0.6 is 11.3 Å². The van der Waals surface area contributed by atoms with E-state index in [-0.39, 0.29) is 11.4 Å². The van der Waals surface area contributed by atoms with E-state index in [0.29, 0.717) is 10.7 Å². The van der Waals surface area contributed by atoms with Crippen molar-refractivity contribution in [2.45, 2.75) is 6.92 Å². The van der Waals surface area contributed by atoms with Crippen LogP contribution in [0.25, 0.3) is 10.2 Å². The summed E-state index contributed by atoms with van der Waals surface area (Å²) in [4.78, 5) is 27.7. The lowest BCUT2D eigenvalue weighted by Gasteiger charge is -2.11. The van der Waals surface area contributed by atoms with Gasteiger partial charge in [0.05, 0.1) is 27.6 Å². The predicted octanol–water partition coefficient (Wildman–Crippen LogP) is 4.79. The second-order valence-corrected chi connectivity index (χ2v) is 7.16. The van der Waals surface area contributed by atoms with Crippen LogP contribution in [0.2, 0.25) is 0 Å². The van der Waals surface area contributed by atoms with Crippen LogP contribution in [0.3, 0.4) is 0 Å². The first-order chi connectivity index (χ1) is 14.0. The number of nitro benzene ring substituents is 1. The molecule has 29 heavy (non-hydrogen) atoms. The molecular formula is C20H14N4O4S. The summed E-state index contributed by atoms with van der Waals surface area (Å²) in [5.41, 5.74) is 2.43. The Labute approximate surface area is 168 Å². The number of non-ortho nitro benzene ring substituents is 1. The number of nitro groups is 1. The molecule has 0 fully saturated rings. The predicted molar refractivity (Wildman–Crippen MR) is 111 cm³/mol. The Bertz CT molecular complexity index is 1210. The summed E-state index contributed by atoms with van der Waals surface area (Å²) in [7, 11) is 0. The summed E-state index contributed by atoms with van der Waals surface area (Å²) in [6.07, 6.45) is 2.86. The standard InChI is InChI=1S/C20H14N4O4S/c1-13-4-9-16-18(11-13)29-20(22-16)23(19(25)17-3-2-10-28-17)21-12-14-5-7-15(8-6-14)24(26)27/h2-12H,1H3/b21-12-. The van der Waals surface area contributed by atoms with E-state index < -0.39 is 10.8 Å². The van der Waals surface area contributed by atoms with Gasteiger partial charge in [-0.2, -0.15) is 10.1 Å². The molecule has 144 valence electrons. The maximum absolute atomic E-state index is 12.9. The van der Waals surface area contributed by atoms with Gasteiger partial charge in [-0.1, -0.05) is 17.4 Å². The zero-order valence-corrected chi connectivity index (χ0v) is 16.0. The highest BCUT2D eigenvalue weighted by atomic mass is 32.1. The number of thiazole rings is 1. The molecular weight excluding hydrogens is 392 g/mol. The first-order valence-corrected chi connectivity index (χ1v) is 9.36. The third-order valence-electron chi connectivity index (χ3n) is 4.06. The first kappa shape index (κ1) is 18.5. The quantitative estimate of drug-likeness (QED) is 0.269. The number of benzene rings is 2. The number of amides is 1. The number of furan rings is 1. The fourth-order valence-corrected chi connectivity index (χ4v) is 3.63. The molecule has 0 aliphatic carbocycles. The van der Waals surface area contributed by atoms with E-state index in [4.69, 9.17) is 4.42 Å². The number of hydrogen-bond donors (Lipinski definition) is 0. The summed E-state index contributed by atoms with van der Waals surface area (Å²) in [6, 6.07) is 14.9. The average Bonchev–Trinajstić information content (AvgIpc) is 3.38. The van der Waals surface area contributed by atoms with Crippen LogP contribution in [0.4, 0.5) is 10.8 Å². The molecule has 0 saturated carbocycles. The van der Waals surface area contributed by atoms with Gasteiger partial charge in [-0.25, -0.2) is 4.98 Å². The van der Waals surface area contributed by atoms with Crippen LogP contribution in [0.15, 0.2) is 70.4 Å². The Balaban J connectivity index is 1.71. The summed E-state index contributed by atoms with van der Waals surface area (Å²) in [5.74, 6) is -0.342. The molecule has 4 aromatic rings. The summed E-state index contributed by atoms with van der Waals surface area (Å²) in [6.45, 7) is 1.98. The Kier molecular flexibility index (Phi) is 4.88. The highest BCUT2D eigenvalue weighted by Crippen LogP contribution is 2.30. The maximum Gasteiger partial charge on any atom is 0.316 e. The number of fused-ring (bicyclic) bond motifs is 1. The van der Waals surface area contributed by atoms with Gasteiger partial charge < -0.3 is 4.42 Å². The van der Waals surface area contributed by atoms with Crippen LogP contribution in [0.1, 0.15) is 21.7 Å². The van der Waals surface area contributed by atoms with Crippen LogP contribution < -0.4 is 5.01 Å². The highest BCUT2D eigenvalue weighted by Gasteiger charge is 2.23. The molecule has 0 saturated heterocycles. The Morgan fingerprint density at radius 2 is 2.03 bits per heavy atom. The van der Waals surface area contributed by atoms with Crippen molar-refractivity contribution in [3.05, 3.63) is 87.9 Å². The summed E-state index contributed by atoms with van der Waals surface area (Å²) >= 11 is 1.34. The fraction of sp³-hybridized carbons (Fsp3) is 0.0500. The molecule has 4 rings (SSSR count). The normalized spacial score (nSPS) is 11.2. The fourth-order valence-electron chi connectivity index (χ4n) is 2.61. The SMILES string of the molecule is Cc1ccc2nc(N(/N=C\c3ccc([N+](=O)[O-])cc3)C(=O)c3ccco3)sc2c1. The molecule has 0 spiro atoms. The van der Waals surface area contributed by atoms with Crippen molar-refractivity contribution in [2.24, 2.45) is 5.10 Å². The van der Waals surface area contributed by atoms with E-state index in [2.05, 4.69) is 10.1 Å². The number of nitrogens with zero attached hydrogens (tertiary/aromatic N) is 4. The van der Waals surface area contributed by atoms with Gasteiger partial charge in [-0.15, -0.1) is 0 Å². The van der Waals surface area contributed by atoms with Crippen molar-refractivity contribution in [1.82, 2.24) is 4.98 Å². The molecule has 0 atom stereocenters. The van der Waals surface area contributed by atoms with E-state index in [9.17, 15) is 14.9 Å². The van der Waals surface area contributed by atoms with Gasteiger partial charge in [0.1, 0.15) is 0 Å². The Morgan fingerprint density at radius 1 is 1.24 bits per heavy atom. The van der Waals surface area contributed by atoms with Gasteiger partial charge in [0.15, 0.2) is 5.76 Å². The third kappa shape index (κ3) is 3.90. The number of hydrogen-bond acceptors (Lipinski definition) is 7. The lowest BCUT2D eigenvalue weighted by atomic mass is 10.2. The number of hydrazone groups is 1. The monoisotopic (exact) mass is 406 g/mol. The van der Waals surface area contributed by atoms with Gasteiger partial charge in [0, 0.05) is 12.1 Å². The average molecular weight is 406 g/mol. The minimum atomic E-state index is -0.475. The van der Waals surface area contributed by atoms with Gasteiger partial charge in [-0.3, -0.25) is 14.9 Å². The summed E-state index contributed by atoms with van der Waals surface area (Å²) in [5, 5.41) is 16.6. The molecule has 2 aromatic heterocycles. The molecule has 8 nitrogen and oxygen atoms in total. The maximum atomic E-state index is 12.9. The van der Waals surface area contributed by atoms with E-state index in [1.807, 2.05) is 25.1 Å². The topological polar surface area (TPSA) is 102 Å². The number of anilines is 1. The van der Waals surface area contributed by atoms with Crippen molar-refractivity contribution in [2.75, 3.05) is 5.01 Å². The van der Waals surface area contributed by atoms with Crippen LogP contribution in [-0.2, 0) is 0 Å². The third-order valence-corrected chi connectivity index (χ3v) is 5.06. The van der Waals surface area contributed by atoms with Crippen molar-refractivity contribution >= 4 is 44.5 Å². The van der Waals surface area contributed by atoms with Crippen molar-refractivity contribution < 1.29 is 14.1 Å². The smallest absolute Gasteiger partial charge is 0.316 e. The molecule has 0 radical (unpaired) electrons. The minimum Gasteiger partial charge on any atom is -0.459 e. The zero-order valence-electron chi connectivity index (χ0n) is 15.2. The number of carbonyl (C=O) groups is 1. The van der Waals surface area contributed by atoms with E-state index >= 15 is 0 Å². The van der Waals surface area contributed by atoms with Gasteiger partial charge in [0.25, 0.3) is 5.69 Å². The minimum absolute atomic E-state index is 0.0211. The largest absolute Gasteiger partial charge is 0.459 e. The molecule has 2 heterocycles. The van der Waals surface area contributed by atoms with Gasteiger partial charge in [0.2, 0.25) is 5.13 Å². The van der Waals surface area contributed by atoms with Crippen LogP contribution in [-0.4, -0.2) is 22.0 Å². The van der Waals surface area contributed by atoms with Crippen LogP contribution in [0.5, 0.6) is 0 Å². The summed E-state index contributed by atoms with van der Waals surface area (Å²) < 4.78 is 6.15. The Morgan fingerprint density at radius 3 is 2.72 bits per heavy atom. The lowest BCUT2D eigenvalue weighted by molar-refractivity contribution is -0.384. The number of rotatable bonds is 5. The van der Waals surface area contributed by atoms with Crippen molar-refractivity contribution in [3.63, 3.8) is 0 Å². The lowest BCUT2D eigenvalue weighted by Crippen LogP contribution is -2.25. The zero-order chi connectivity index (χ0) is 20.4. The van der Waals surface area contributed by atoms with E-state index in [1.54, 1.807) is 24.3 Å². The van der Waals surface area contributed by atoms with Crippen molar-refractivity contribution in [1.29, 1.82) is 0 Å². The van der Waals surface area contributed by atoms with E-state index in [0.717, 1.165) is 15.8 Å². The van der Waals surface area contributed by atoms with Gasteiger partial charge in [-0.05, 0) is 54.4 Å². The molecule has 0 aliphatic rings. The molecule has 0 N–H and O–H groups in total.